The molecule has 1 amide bonds. The predicted octanol–water partition coefficient (Wildman–Crippen LogP) is 4.69. The first kappa shape index (κ1) is 21.3. The minimum Gasteiger partial charge on any atom is -0.421 e. The molecule has 1 aromatic heterocycles. The Balaban J connectivity index is 2.07. The van der Waals surface area contributed by atoms with Gasteiger partial charge in [-0.25, -0.2) is 9.78 Å². The maximum atomic E-state index is 12.5. The molecule has 0 N–H and O–H groups in total. The summed E-state index contributed by atoms with van der Waals surface area (Å²) in [6.45, 7) is 5.56. The molecule has 0 radical (unpaired) electrons. The normalized spacial score (nSPS) is 10.5. The summed E-state index contributed by atoms with van der Waals surface area (Å²) in [6, 6.07) is 10.1. The van der Waals surface area contributed by atoms with Crippen LogP contribution in [-0.4, -0.2) is 40.6 Å². The van der Waals surface area contributed by atoms with Gasteiger partial charge in [0.2, 0.25) is 5.91 Å². The van der Waals surface area contributed by atoms with Crippen molar-refractivity contribution in [1.29, 1.82) is 0 Å². The van der Waals surface area contributed by atoms with E-state index >= 15 is 0 Å². The fraction of sp³-hybridized carbons (Fsp3) is 0.350. The van der Waals surface area contributed by atoms with E-state index in [0.29, 0.717) is 15.6 Å². The largest absolute Gasteiger partial charge is 0.421 e. The van der Waals surface area contributed by atoms with Gasteiger partial charge in [-0.2, -0.15) is 0 Å². The number of esters is 1. The number of carbonyl (C=O) groups is 2. The average molecular weight is 407 g/mol. The van der Waals surface area contributed by atoms with E-state index in [9.17, 15) is 9.59 Å². The van der Waals surface area contributed by atoms with Crippen molar-refractivity contribution in [3.8, 4) is 5.75 Å². The quantitative estimate of drug-likeness (QED) is 0.343. The number of carbonyl (C=O) groups excluding carboxylic acids is 2. The van der Waals surface area contributed by atoms with Gasteiger partial charge in [0, 0.05) is 19.3 Å². The molecule has 0 saturated carbocycles. The molecule has 2 aromatic rings. The third kappa shape index (κ3) is 6.26. The summed E-state index contributed by atoms with van der Waals surface area (Å²) >= 11 is 7.29. The number of halogens is 1. The number of hydrogen-bond donors (Lipinski definition) is 0. The molecule has 144 valence electrons. The second-order valence-electron chi connectivity index (χ2n) is 5.85. The third-order valence-electron chi connectivity index (χ3n) is 3.70. The van der Waals surface area contributed by atoms with Crippen LogP contribution in [0.2, 0.25) is 5.02 Å². The number of aromatic nitrogens is 1. The Hall–Kier alpha value is -2.05. The highest BCUT2D eigenvalue weighted by atomic mass is 35.5. The van der Waals surface area contributed by atoms with Gasteiger partial charge in [0.15, 0.2) is 0 Å². The first-order valence-electron chi connectivity index (χ1n) is 8.89. The highest BCUT2D eigenvalue weighted by molar-refractivity contribution is 8.00. The Morgan fingerprint density at radius 2 is 1.81 bits per heavy atom. The lowest BCUT2D eigenvalue weighted by molar-refractivity contribution is -0.128. The van der Waals surface area contributed by atoms with Crippen molar-refractivity contribution in [3.63, 3.8) is 0 Å². The first-order chi connectivity index (χ1) is 13.1. The third-order valence-corrected chi connectivity index (χ3v) is 5.00. The molecule has 0 atom stereocenters. The molecular formula is C20H23ClN2O3S. The molecule has 0 aliphatic rings. The second-order valence-corrected chi connectivity index (χ2v) is 7.22. The van der Waals surface area contributed by atoms with Crippen molar-refractivity contribution in [2.75, 3.05) is 18.8 Å². The Bertz CT molecular complexity index is 779. The van der Waals surface area contributed by atoms with E-state index in [1.165, 1.54) is 11.8 Å². The predicted molar refractivity (Wildman–Crippen MR) is 109 cm³/mol. The molecule has 5 nitrogen and oxygen atoms in total. The van der Waals surface area contributed by atoms with E-state index in [1.54, 1.807) is 42.6 Å². The standard InChI is InChI=1S/C20H23ClN2O3S/c1-3-12-23(13-4-2)18(24)14-27-19-15(8-7-11-22-19)20(25)26-17-10-6-5-9-16(17)21/h5-11H,3-4,12-14H2,1-2H3. The molecule has 7 heteroatoms. The van der Waals surface area contributed by atoms with E-state index in [-0.39, 0.29) is 17.4 Å². The van der Waals surface area contributed by atoms with Crippen LogP contribution in [0.1, 0.15) is 37.0 Å². The van der Waals surface area contributed by atoms with Crippen LogP contribution in [-0.2, 0) is 4.79 Å². The van der Waals surface area contributed by atoms with Crippen molar-refractivity contribution in [1.82, 2.24) is 9.88 Å². The van der Waals surface area contributed by atoms with Gasteiger partial charge in [-0.3, -0.25) is 4.79 Å². The van der Waals surface area contributed by atoms with Crippen LogP contribution >= 0.6 is 23.4 Å². The molecular weight excluding hydrogens is 384 g/mol. The monoisotopic (exact) mass is 406 g/mol. The van der Waals surface area contributed by atoms with Crippen LogP contribution < -0.4 is 4.74 Å². The average Bonchev–Trinajstić information content (AvgIpc) is 2.68. The number of pyridine rings is 1. The molecule has 0 fully saturated rings. The zero-order valence-corrected chi connectivity index (χ0v) is 17.1. The molecule has 0 aliphatic carbocycles. The van der Waals surface area contributed by atoms with Crippen molar-refractivity contribution in [3.05, 3.63) is 53.2 Å². The fourth-order valence-electron chi connectivity index (χ4n) is 2.47. The Labute approximate surface area is 169 Å². The van der Waals surface area contributed by atoms with E-state index in [2.05, 4.69) is 4.98 Å². The van der Waals surface area contributed by atoms with Gasteiger partial charge in [0.1, 0.15) is 10.8 Å². The lowest BCUT2D eigenvalue weighted by Gasteiger charge is -2.21. The maximum absolute atomic E-state index is 12.5. The topological polar surface area (TPSA) is 59.5 Å². The number of ether oxygens (including phenoxy) is 1. The number of nitrogens with zero attached hydrogens (tertiary/aromatic N) is 2. The van der Waals surface area contributed by atoms with E-state index < -0.39 is 5.97 Å². The highest BCUT2D eigenvalue weighted by Crippen LogP contribution is 2.26. The van der Waals surface area contributed by atoms with Crippen LogP contribution in [0, 0.1) is 0 Å². The Morgan fingerprint density at radius 1 is 1.11 bits per heavy atom. The summed E-state index contributed by atoms with van der Waals surface area (Å²) in [7, 11) is 0. The zero-order chi connectivity index (χ0) is 19.6. The maximum Gasteiger partial charge on any atom is 0.346 e. The van der Waals surface area contributed by atoms with Gasteiger partial charge in [0.25, 0.3) is 0 Å². The van der Waals surface area contributed by atoms with Gasteiger partial charge in [-0.1, -0.05) is 49.3 Å². The minimum atomic E-state index is -0.551. The number of benzene rings is 1. The van der Waals surface area contributed by atoms with Crippen LogP contribution in [0.5, 0.6) is 5.75 Å². The smallest absolute Gasteiger partial charge is 0.346 e. The van der Waals surface area contributed by atoms with E-state index in [4.69, 9.17) is 16.3 Å². The van der Waals surface area contributed by atoms with E-state index in [1.807, 2.05) is 18.7 Å². The SMILES string of the molecule is CCCN(CCC)C(=O)CSc1ncccc1C(=O)Oc1ccccc1Cl. The van der Waals surface area contributed by atoms with Gasteiger partial charge in [-0.15, -0.1) is 0 Å². The van der Waals surface area contributed by atoms with Gasteiger partial charge in [0.05, 0.1) is 16.3 Å². The number of para-hydroxylation sites is 1. The summed E-state index contributed by atoms with van der Waals surface area (Å²) in [5, 5.41) is 0.824. The van der Waals surface area contributed by atoms with Crippen LogP contribution in [0.25, 0.3) is 0 Å². The minimum absolute atomic E-state index is 0.0415. The number of hydrogen-bond acceptors (Lipinski definition) is 5. The van der Waals surface area contributed by atoms with Gasteiger partial charge >= 0.3 is 5.97 Å². The summed E-state index contributed by atoms with van der Waals surface area (Å²) < 4.78 is 5.38. The molecule has 0 spiro atoms. The Morgan fingerprint density at radius 3 is 2.48 bits per heavy atom. The first-order valence-corrected chi connectivity index (χ1v) is 10.3. The van der Waals surface area contributed by atoms with Crippen LogP contribution in [0.4, 0.5) is 0 Å². The summed E-state index contributed by atoms with van der Waals surface area (Å²) in [4.78, 5) is 31.1. The lowest BCUT2D eigenvalue weighted by atomic mass is 10.3. The summed E-state index contributed by atoms with van der Waals surface area (Å²) in [5.41, 5.74) is 0.313. The summed E-state index contributed by atoms with van der Waals surface area (Å²) in [5.74, 6) is 0.00522. The van der Waals surface area contributed by atoms with Crippen molar-refractivity contribution in [2.45, 2.75) is 31.7 Å². The molecule has 0 bridgehead atoms. The van der Waals surface area contributed by atoms with Gasteiger partial charge < -0.3 is 9.64 Å². The Kier molecular flexibility index (Phi) is 8.61. The molecule has 0 unspecified atom stereocenters. The molecule has 1 heterocycles. The van der Waals surface area contributed by atoms with Gasteiger partial charge in [-0.05, 0) is 37.1 Å². The van der Waals surface area contributed by atoms with Crippen molar-refractivity contribution < 1.29 is 14.3 Å². The highest BCUT2D eigenvalue weighted by Gasteiger charge is 2.19. The molecule has 0 aliphatic heterocycles. The fourth-order valence-corrected chi connectivity index (χ4v) is 3.53. The van der Waals surface area contributed by atoms with Crippen LogP contribution in [0.3, 0.4) is 0 Å². The molecule has 1 aromatic carbocycles. The lowest BCUT2D eigenvalue weighted by Crippen LogP contribution is -2.33. The van der Waals surface area contributed by atoms with E-state index in [0.717, 1.165) is 25.9 Å². The number of rotatable bonds is 9. The van der Waals surface area contributed by atoms with Crippen LogP contribution in [0.15, 0.2) is 47.6 Å². The second kappa shape index (κ2) is 10.9. The van der Waals surface area contributed by atoms with Crippen molar-refractivity contribution >= 4 is 35.2 Å². The molecule has 27 heavy (non-hydrogen) atoms. The number of thioether (sulfide) groups is 1. The molecule has 0 saturated heterocycles. The number of amides is 1. The zero-order valence-electron chi connectivity index (χ0n) is 15.5. The summed E-state index contributed by atoms with van der Waals surface area (Å²) in [6.07, 6.45) is 3.42. The van der Waals surface area contributed by atoms with Crippen molar-refractivity contribution in [2.24, 2.45) is 0 Å². The molecule has 2 rings (SSSR count).